The van der Waals surface area contributed by atoms with Crippen LogP contribution in [0.1, 0.15) is 23.7 Å². The van der Waals surface area contributed by atoms with Crippen molar-refractivity contribution < 1.29 is 9.90 Å². The van der Waals surface area contributed by atoms with Crippen LogP contribution in [0.2, 0.25) is 5.02 Å². The first-order valence-electron chi connectivity index (χ1n) is 5.73. The smallest absolute Gasteiger partial charge is 0.257 e. The van der Waals surface area contributed by atoms with E-state index in [-0.39, 0.29) is 11.7 Å². The maximum atomic E-state index is 12.1. The maximum Gasteiger partial charge on any atom is 0.257 e. The quantitative estimate of drug-likeness (QED) is 0.900. The fraction of sp³-hybridized carbons (Fsp3) is 0.462. The van der Waals surface area contributed by atoms with Crippen LogP contribution in [0.5, 0.6) is 5.75 Å². The highest BCUT2D eigenvalue weighted by Gasteiger charge is 2.34. The molecule has 0 aromatic heterocycles. The second-order valence-electron chi connectivity index (χ2n) is 4.82. The summed E-state index contributed by atoms with van der Waals surface area (Å²) in [7, 11) is 1.77. The van der Waals surface area contributed by atoms with Crippen LogP contribution in [0.15, 0.2) is 18.2 Å². The van der Waals surface area contributed by atoms with Gasteiger partial charge < -0.3 is 10.0 Å². The largest absolute Gasteiger partial charge is 0.507 e. The van der Waals surface area contributed by atoms with Crippen LogP contribution in [0.25, 0.3) is 0 Å². The topological polar surface area (TPSA) is 40.5 Å². The number of amides is 1. The van der Waals surface area contributed by atoms with Crippen molar-refractivity contribution in [3.05, 3.63) is 28.8 Å². The van der Waals surface area contributed by atoms with Crippen LogP contribution < -0.4 is 0 Å². The van der Waals surface area contributed by atoms with E-state index in [0.717, 1.165) is 6.54 Å². The van der Waals surface area contributed by atoms with Crippen molar-refractivity contribution >= 4 is 17.5 Å². The fourth-order valence-electron chi connectivity index (χ4n) is 1.98. The first-order chi connectivity index (χ1) is 7.99. The van der Waals surface area contributed by atoms with Gasteiger partial charge in [-0.25, -0.2) is 0 Å². The van der Waals surface area contributed by atoms with Crippen molar-refractivity contribution in [3.63, 3.8) is 0 Å². The molecule has 1 saturated carbocycles. The second kappa shape index (κ2) is 4.57. The van der Waals surface area contributed by atoms with Gasteiger partial charge in [0.2, 0.25) is 0 Å². The lowest BCUT2D eigenvalue weighted by molar-refractivity contribution is 0.0784. The first kappa shape index (κ1) is 12.2. The zero-order valence-electron chi connectivity index (χ0n) is 9.98. The number of carbonyl (C=O) groups is 1. The lowest BCUT2D eigenvalue weighted by Crippen LogP contribution is -2.29. The Balaban J connectivity index is 2.07. The number of phenols is 1. The molecule has 0 heterocycles. The molecule has 0 aliphatic heterocycles. The molecule has 92 valence electrons. The van der Waals surface area contributed by atoms with E-state index in [1.165, 1.54) is 12.5 Å². The number of benzene rings is 1. The summed E-state index contributed by atoms with van der Waals surface area (Å²) in [6.07, 6.45) is 1.18. The first-order valence-corrected chi connectivity index (χ1v) is 6.11. The summed E-state index contributed by atoms with van der Waals surface area (Å²) in [5, 5.41) is 10.1. The average molecular weight is 254 g/mol. The molecule has 0 spiro atoms. The van der Waals surface area contributed by atoms with Crippen molar-refractivity contribution in [3.8, 4) is 5.75 Å². The van der Waals surface area contributed by atoms with Crippen LogP contribution in [0, 0.1) is 11.8 Å². The highest BCUT2D eigenvalue weighted by Crippen LogP contribution is 2.38. The molecule has 1 aromatic carbocycles. The zero-order chi connectivity index (χ0) is 12.6. The summed E-state index contributed by atoms with van der Waals surface area (Å²) >= 11 is 5.73. The Morgan fingerprint density at radius 2 is 2.24 bits per heavy atom. The van der Waals surface area contributed by atoms with E-state index < -0.39 is 0 Å². The molecule has 2 atom stereocenters. The summed E-state index contributed by atoms with van der Waals surface area (Å²) in [6, 6.07) is 4.57. The molecule has 0 saturated heterocycles. The molecule has 0 bridgehead atoms. The van der Waals surface area contributed by atoms with Gasteiger partial charge in [0, 0.05) is 18.6 Å². The molecule has 0 radical (unpaired) electrons. The van der Waals surface area contributed by atoms with E-state index in [1.807, 2.05) is 0 Å². The molecule has 1 aromatic rings. The molecule has 2 rings (SSSR count). The molecule has 1 fully saturated rings. The highest BCUT2D eigenvalue weighted by molar-refractivity contribution is 6.30. The van der Waals surface area contributed by atoms with Crippen LogP contribution in [0.4, 0.5) is 0 Å². The number of hydrogen-bond acceptors (Lipinski definition) is 2. The van der Waals surface area contributed by atoms with E-state index in [9.17, 15) is 9.90 Å². The van der Waals surface area contributed by atoms with Crippen LogP contribution in [-0.4, -0.2) is 29.5 Å². The van der Waals surface area contributed by atoms with E-state index in [1.54, 1.807) is 24.1 Å². The number of carbonyl (C=O) groups excluding carboxylic acids is 1. The van der Waals surface area contributed by atoms with E-state index >= 15 is 0 Å². The standard InChI is InChI=1S/C13H16ClNO2/c1-8-5-9(8)7-15(2)13(17)11-4-3-10(14)6-12(11)16/h3-4,6,8-9,16H,5,7H2,1-2H3. The lowest BCUT2D eigenvalue weighted by Gasteiger charge is -2.17. The number of phenolic OH excluding ortho intramolecular Hbond substituents is 1. The van der Waals surface area contributed by atoms with Gasteiger partial charge in [-0.2, -0.15) is 0 Å². The highest BCUT2D eigenvalue weighted by atomic mass is 35.5. The van der Waals surface area contributed by atoms with Crippen LogP contribution in [-0.2, 0) is 0 Å². The minimum absolute atomic E-state index is 0.0572. The lowest BCUT2D eigenvalue weighted by atomic mass is 10.1. The number of aromatic hydroxyl groups is 1. The van der Waals surface area contributed by atoms with Gasteiger partial charge in [-0.05, 0) is 36.5 Å². The second-order valence-corrected chi connectivity index (χ2v) is 5.26. The van der Waals surface area contributed by atoms with E-state index in [4.69, 9.17) is 11.6 Å². The molecule has 17 heavy (non-hydrogen) atoms. The van der Waals surface area contributed by atoms with Gasteiger partial charge in [0.15, 0.2) is 0 Å². The Kier molecular flexibility index (Phi) is 3.29. The molecular formula is C13H16ClNO2. The average Bonchev–Trinajstić information content (AvgIpc) is 2.93. The number of rotatable bonds is 3. The predicted octanol–water partition coefficient (Wildman–Crippen LogP) is 2.77. The molecule has 2 unspecified atom stereocenters. The summed E-state index contributed by atoms with van der Waals surface area (Å²) in [4.78, 5) is 13.7. The number of hydrogen-bond donors (Lipinski definition) is 1. The fourth-order valence-corrected chi connectivity index (χ4v) is 2.15. The predicted molar refractivity (Wildman–Crippen MR) is 67.3 cm³/mol. The molecular weight excluding hydrogens is 238 g/mol. The Hall–Kier alpha value is -1.22. The number of halogens is 1. The Labute approximate surface area is 106 Å². The third-order valence-corrected chi connectivity index (χ3v) is 3.56. The van der Waals surface area contributed by atoms with Crippen molar-refractivity contribution in [2.24, 2.45) is 11.8 Å². The van der Waals surface area contributed by atoms with Crippen LogP contribution in [0.3, 0.4) is 0 Å². The molecule has 1 N–H and O–H groups in total. The van der Waals surface area contributed by atoms with Gasteiger partial charge >= 0.3 is 0 Å². The normalized spacial score (nSPS) is 22.3. The van der Waals surface area contributed by atoms with Gasteiger partial charge in [-0.3, -0.25) is 4.79 Å². The van der Waals surface area contributed by atoms with Gasteiger partial charge in [0.1, 0.15) is 5.75 Å². The van der Waals surface area contributed by atoms with Gasteiger partial charge in [0.25, 0.3) is 5.91 Å². The molecule has 1 amide bonds. The number of nitrogens with zero attached hydrogens (tertiary/aromatic N) is 1. The Morgan fingerprint density at radius 1 is 1.59 bits per heavy atom. The SMILES string of the molecule is CC1CC1CN(C)C(=O)c1ccc(Cl)cc1O. The Morgan fingerprint density at radius 3 is 2.76 bits per heavy atom. The van der Waals surface area contributed by atoms with Crippen molar-refractivity contribution in [1.29, 1.82) is 0 Å². The summed E-state index contributed by atoms with van der Waals surface area (Å²) in [6.45, 7) is 2.94. The summed E-state index contributed by atoms with van der Waals surface area (Å²) in [5.74, 6) is 1.11. The van der Waals surface area contributed by atoms with Gasteiger partial charge in [-0.1, -0.05) is 18.5 Å². The van der Waals surface area contributed by atoms with Crippen LogP contribution >= 0.6 is 11.6 Å². The third-order valence-electron chi connectivity index (χ3n) is 3.32. The van der Waals surface area contributed by atoms with Gasteiger partial charge in [-0.15, -0.1) is 0 Å². The van der Waals surface area contributed by atoms with E-state index in [2.05, 4.69) is 6.92 Å². The minimum Gasteiger partial charge on any atom is -0.507 e. The van der Waals surface area contributed by atoms with Crippen molar-refractivity contribution in [2.45, 2.75) is 13.3 Å². The summed E-state index contributed by atoms with van der Waals surface area (Å²) in [5.41, 5.74) is 0.310. The van der Waals surface area contributed by atoms with Gasteiger partial charge in [0.05, 0.1) is 5.56 Å². The monoisotopic (exact) mass is 253 g/mol. The molecule has 4 heteroatoms. The van der Waals surface area contributed by atoms with Crippen molar-refractivity contribution in [2.75, 3.05) is 13.6 Å². The minimum atomic E-state index is -0.154. The molecule has 1 aliphatic rings. The third kappa shape index (κ3) is 2.72. The molecule has 3 nitrogen and oxygen atoms in total. The maximum absolute atomic E-state index is 12.1. The van der Waals surface area contributed by atoms with Crippen molar-refractivity contribution in [1.82, 2.24) is 4.90 Å². The zero-order valence-corrected chi connectivity index (χ0v) is 10.7. The van der Waals surface area contributed by atoms with E-state index in [0.29, 0.717) is 22.4 Å². The molecule has 1 aliphatic carbocycles. The Bertz CT molecular complexity index is 447. The summed E-state index contributed by atoms with van der Waals surface area (Å²) < 4.78 is 0.